The van der Waals surface area contributed by atoms with E-state index in [1.165, 1.54) is 18.4 Å². The van der Waals surface area contributed by atoms with E-state index in [9.17, 15) is 4.79 Å². The minimum Gasteiger partial charge on any atom is -0.293 e. The van der Waals surface area contributed by atoms with Gasteiger partial charge in [0, 0.05) is 5.56 Å². The topological polar surface area (TPSA) is 17.1 Å². The lowest BCUT2D eigenvalue weighted by Crippen LogP contribution is -2.07. The number of hydrogen-bond donors (Lipinski definition) is 0. The molecule has 0 aliphatic rings. The van der Waals surface area contributed by atoms with Crippen molar-refractivity contribution in [3.63, 3.8) is 0 Å². The second kappa shape index (κ2) is 7.39. The first-order chi connectivity index (χ1) is 9.72. The number of hydrogen-bond acceptors (Lipinski definition) is 1. The molecule has 0 aliphatic heterocycles. The molecule has 0 saturated carbocycles. The second-order valence-electron chi connectivity index (χ2n) is 4.94. The lowest BCUT2D eigenvalue weighted by atomic mass is 10.0. The van der Waals surface area contributed by atoms with Crippen LogP contribution in [0.25, 0.3) is 0 Å². The maximum Gasteiger partial charge on any atom is 0.180 e. The van der Waals surface area contributed by atoms with Gasteiger partial charge in [0.25, 0.3) is 0 Å². The molecule has 0 heterocycles. The molecule has 104 valence electrons. The van der Waals surface area contributed by atoms with Gasteiger partial charge in [-0.05, 0) is 24.0 Å². The van der Waals surface area contributed by atoms with Gasteiger partial charge in [-0.2, -0.15) is 0 Å². The molecular formula is C18H19BrO. The summed E-state index contributed by atoms with van der Waals surface area (Å²) in [6, 6.07) is 17.8. The van der Waals surface area contributed by atoms with Crippen molar-refractivity contribution in [3.05, 3.63) is 71.3 Å². The number of ketones is 1. The number of alkyl halides is 1. The number of unbranched alkanes of at least 4 members (excludes halogenated alkanes) is 1. The molecule has 1 atom stereocenters. The average Bonchev–Trinajstić information content (AvgIpc) is 2.53. The predicted molar refractivity (Wildman–Crippen MR) is 87.5 cm³/mol. The molecule has 2 rings (SSSR count). The molecule has 1 nitrogen and oxygen atoms in total. The van der Waals surface area contributed by atoms with E-state index in [1.54, 1.807) is 0 Å². The van der Waals surface area contributed by atoms with E-state index in [2.05, 4.69) is 35.0 Å². The van der Waals surface area contributed by atoms with Crippen LogP contribution in [0, 0.1) is 0 Å². The Hall–Kier alpha value is -1.41. The summed E-state index contributed by atoms with van der Waals surface area (Å²) in [6.07, 6.45) is 3.47. The van der Waals surface area contributed by atoms with Gasteiger partial charge in [0.2, 0.25) is 0 Å². The van der Waals surface area contributed by atoms with Crippen molar-refractivity contribution in [1.29, 1.82) is 0 Å². The Morgan fingerprint density at radius 2 is 1.70 bits per heavy atom. The third-order valence-electron chi connectivity index (χ3n) is 3.38. The quantitative estimate of drug-likeness (QED) is 0.515. The van der Waals surface area contributed by atoms with Crippen molar-refractivity contribution in [2.45, 2.75) is 31.0 Å². The van der Waals surface area contributed by atoms with E-state index in [0.717, 1.165) is 17.5 Å². The van der Waals surface area contributed by atoms with Crippen LogP contribution in [0.1, 0.15) is 46.1 Å². The van der Waals surface area contributed by atoms with Gasteiger partial charge in [0.05, 0.1) is 0 Å². The first kappa shape index (κ1) is 15.0. The number of carbonyl (C=O) groups is 1. The molecule has 2 heteroatoms. The molecule has 0 amide bonds. The average molecular weight is 331 g/mol. The third kappa shape index (κ3) is 3.80. The first-order valence-electron chi connectivity index (χ1n) is 7.04. The SMILES string of the molecule is CCCCc1ccc(C(=O)C(Br)c2ccccc2)cc1. The van der Waals surface area contributed by atoms with Gasteiger partial charge in [-0.1, -0.05) is 83.9 Å². The van der Waals surface area contributed by atoms with Gasteiger partial charge in [-0.15, -0.1) is 0 Å². The minimum atomic E-state index is -0.273. The second-order valence-corrected chi connectivity index (χ2v) is 5.85. The van der Waals surface area contributed by atoms with Crippen molar-refractivity contribution in [2.24, 2.45) is 0 Å². The third-order valence-corrected chi connectivity index (χ3v) is 4.32. The highest BCUT2D eigenvalue weighted by Crippen LogP contribution is 2.27. The summed E-state index contributed by atoms with van der Waals surface area (Å²) in [5.74, 6) is 0.109. The molecule has 0 radical (unpaired) electrons. The highest BCUT2D eigenvalue weighted by molar-refractivity contribution is 9.09. The Morgan fingerprint density at radius 3 is 2.30 bits per heavy atom. The molecule has 2 aromatic carbocycles. The van der Waals surface area contributed by atoms with Gasteiger partial charge in [0.15, 0.2) is 5.78 Å². The lowest BCUT2D eigenvalue weighted by Gasteiger charge is -2.10. The summed E-state index contributed by atoms with van der Waals surface area (Å²) in [5.41, 5.74) is 3.05. The van der Waals surface area contributed by atoms with E-state index in [1.807, 2.05) is 42.5 Å². The number of benzene rings is 2. The van der Waals surface area contributed by atoms with Crippen molar-refractivity contribution in [1.82, 2.24) is 0 Å². The van der Waals surface area contributed by atoms with Crippen LogP contribution in [0.4, 0.5) is 0 Å². The van der Waals surface area contributed by atoms with Gasteiger partial charge >= 0.3 is 0 Å². The number of carbonyl (C=O) groups excluding carboxylic acids is 1. The number of Topliss-reactive ketones (excluding diaryl/α,β-unsaturated/α-hetero) is 1. The zero-order valence-corrected chi connectivity index (χ0v) is 13.3. The maximum atomic E-state index is 12.4. The fourth-order valence-corrected chi connectivity index (χ4v) is 2.71. The Kier molecular flexibility index (Phi) is 5.54. The molecule has 0 N–H and O–H groups in total. The minimum absolute atomic E-state index is 0.109. The van der Waals surface area contributed by atoms with Crippen LogP contribution in [0.5, 0.6) is 0 Å². The summed E-state index contributed by atoms with van der Waals surface area (Å²) in [4.78, 5) is 12.2. The van der Waals surface area contributed by atoms with E-state index in [0.29, 0.717) is 0 Å². The Labute approximate surface area is 129 Å². The highest BCUT2D eigenvalue weighted by atomic mass is 79.9. The monoisotopic (exact) mass is 330 g/mol. The molecule has 0 fully saturated rings. The highest BCUT2D eigenvalue weighted by Gasteiger charge is 2.18. The molecule has 0 saturated heterocycles. The van der Waals surface area contributed by atoms with E-state index in [-0.39, 0.29) is 10.6 Å². The van der Waals surface area contributed by atoms with Crippen molar-refractivity contribution in [3.8, 4) is 0 Å². The van der Waals surface area contributed by atoms with Crippen LogP contribution < -0.4 is 0 Å². The summed E-state index contributed by atoms with van der Waals surface area (Å²) in [5, 5.41) is 0. The Bertz CT molecular complexity index is 545. The molecular weight excluding hydrogens is 312 g/mol. The number of aryl methyl sites for hydroxylation is 1. The van der Waals surface area contributed by atoms with Crippen LogP contribution >= 0.6 is 15.9 Å². The molecule has 2 aromatic rings. The Morgan fingerprint density at radius 1 is 1.05 bits per heavy atom. The van der Waals surface area contributed by atoms with Gasteiger partial charge in [0.1, 0.15) is 4.83 Å². The van der Waals surface area contributed by atoms with Gasteiger partial charge in [-0.25, -0.2) is 0 Å². The smallest absolute Gasteiger partial charge is 0.180 e. The fraction of sp³-hybridized carbons (Fsp3) is 0.278. The van der Waals surface area contributed by atoms with Crippen molar-refractivity contribution >= 4 is 21.7 Å². The lowest BCUT2D eigenvalue weighted by molar-refractivity contribution is 0.0991. The molecule has 0 aromatic heterocycles. The normalized spacial score (nSPS) is 12.1. The summed E-state index contributed by atoms with van der Waals surface area (Å²) in [7, 11) is 0. The van der Waals surface area contributed by atoms with Crippen molar-refractivity contribution in [2.75, 3.05) is 0 Å². The number of halogens is 1. The molecule has 0 aliphatic carbocycles. The van der Waals surface area contributed by atoms with Gasteiger partial charge < -0.3 is 0 Å². The summed E-state index contributed by atoms with van der Waals surface area (Å²) < 4.78 is 0. The van der Waals surface area contributed by atoms with Crippen LogP contribution in [-0.2, 0) is 6.42 Å². The molecule has 0 bridgehead atoms. The predicted octanol–water partition coefficient (Wildman–Crippen LogP) is 5.35. The van der Waals surface area contributed by atoms with Gasteiger partial charge in [-0.3, -0.25) is 4.79 Å². The summed E-state index contributed by atoms with van der Waals surface area (Å²) in [6.45, 7) is 2.19. The van der Waals surface area contributed by atoms with Crippen molar-refractivity contribution < 1.29 is 4.79 Å². The van der Waals surface area contributed by atoms with E-state index in [4.69, 9.17) is 0 Å². The van der Waals surface area contributed by atoms with E-state index >= 15 is 0 Å². The largest absolute Gasteiger partial charge is 0.293 e. The number of rotatable bonds is 6. The standard InChI is InChI=1S/C18H19BrO/c1-2-3-7-14-10-12-16(13-11-14)18(20)17(19)15-8-5-4-6-9-15/h4-6,8-13,17H,2-3,7H2,1H3. The molecule has 20 heavy (non-hydrogen) atoms. The zero-order chi connectivity index (χ0) is 14.4. The molecule has 0 spiro atoms. The summed E-state index contributed by atoms with van der Waals surface area (Å²) >= 11 is 3.50. The fourth-order valence-electron chi connectivity index (χ4n) is 2.14. The maximum absolute atomic E-state index is 12.4. The zero-order valence-electron chi connectivity index (χ0n) is 11.7. The van der Waals surface area contributed by atoms with Crippen LogP contribution in [0.3, 0.4) is 0 Å². The molecule has 1 unspecified atom stereocenters. The van der Waals surface area contributed by atoms with Crippen LogP contribution in [-0.4, -0.2) is 5.78 Å². The Balaban J connectivity index is 2.09. The van der Waals surface area contributed by atoms with Crippen LogP contribution in [0.15, 0.2) is 54.6 Å². The first-order valence-corrected chi connectivity index (χ1v) is 7.96. The van der Waals surface area contributed by atoms with E-state index < -0.39 is 0 Å². The van der Waals surface area contributed by atoms with Crippen LogP contribution in [0.2, 0.25) is 0 Å².